The summed E-state index contributed by atoms with van der Waals surface area (Å²) in [7, 11) is 0. The van der Waals surface area contributed by atoms with Crippen LogP contribution >= 0.6 is 11.6 Å². The topological polar surface area (TPSA) is 95.3 Å². The van der Waals surface area contributed by atoms with Crippen LogP contribution < -0.4 is 5.69 Å². The van der Waals surface area contributed by atoms with E-state index in [0.29, 0.717) is 5.65 Å². The molecule has 0 N–H and O–H groups in total. The van der Waals surface area contributed by atoms with Crippen LogP contribution in [0.3, 0.4) is 0 Å². The molecule has 3 rings (SSSR count). The predicted octanol–water partition coefficient (Wildman–Crippen LogP) is 1.50. The molecule has 2 aromatic heterocycles. The molecule has 0 amide bonds. The molecule has 0 saturated heterocycles. The van der Waals surface area contributed by atoms with E-state index in [2.05, 4.69) is 10.2 Å². The van der Waals surface area contributed by atoms with Crippen LogP contribution in [0, 0.1) is 10.1 Å². The summed E-state index contributed by atoms with van der Waals surface area (Å²) in [6, 6.07) is 9.04. The van der Waals surface area contributed by atoms with Crippen LogP contribution in [0.15, 0.2) is 41.2 Å². The highest BCUT2D eigenvalue weighted by atomic mass is 35.5. The number of fused-ring (bicyclic) bond motifs is 1. The third kappa shape index (κ3) is 2.48. The molecule has 0 saturated carbocycles. The van der Waals surface area contributed by atoms with Crippen molar-refractivity contribution in [1.29, 1.82) is 0 Å². The molecule has 0 radical (unpaired) electrons. The summed E-state index contributed by atoms with van der Waals surface area (Å²) in [5, 5.41) is 18.8. The van der Waals surface area contributed by atoms with Gasteiger partial charge in [-0.15, -0.1) is 10.2 Å². The second-order valence-electron chi connectivity index (χ2n) is 4.29. The highest BCUT2D eigenvalue weighted by Crippen LogP contribution is 2.12. The third-order valence-corrected chi connectivity index (χ3v) is 3.09. The van der Waals surface area contributed by atoms with Crippen LogP contribution in [-0.2, 0) is 6.54 Å². The fourth-order valence-electron chi connectivity index (χ4n) is 1.89. The Morgan fingerprint density at radius 2 is 1.86 bits per heavy atom. The number of aromatic nitrogens is 4. The number of hydrogen-bond donors (Lipinski definition) is 0. The van der Waals surface area contributed by atoms with Crippen molar-refractivity contribution >= 4 is 22.9 Å². The van der Waals surface area contributed by atoms with Crippen LogP contribution in [0.1, 0.15) is 5.56 Å². The first-order chi connectivity index (χ1) is 10.0. The molecule has 0 aliphatic heterocycles. The van der Waals surface area contributed by atoms with Gasteiger partial charge in [0.1, 0.15) is 5.15 Å². The fraction of sp³-hybridized carbons (Fsp3) is 0.0833. The van der Waals surface area contributed by atoms with Crippen molar-refractivity contribution in [2.75, 3.05) is 0 Å². The normalized spacial score (nSPS) is 10.9. The third-order valence-electron chi connectivity index (χ3n) is 2.89. The van der Waals surface area contributed by atoms with Gasteiger partial charge >= 0.3 is 5.69 Å². The highest BCUT2D eigenvalue weighted by Gasteiger charge is 2.10. The molecule has 0 aliphatic rings. The smallest absolute Gasteiger partial charge is 0.258 e. The lowest BCUT2D eigenvalue weighted by molar-refractivity contribution is -0.384. The summed E-state index contributed by atoms with van der Waals surface area (Å²) in [4.78, 5) is 22.2. The first kappa shape index (κ1) is 13.3. The molecule has 3 aromatic rings. The van der Waals surface area contributed by atoms with E-state index in [1.165, 1.54) is 16.8 Å². The van der Waals surface area contributed by atoms with Crippen molar-refractivity contribution in [2.45, 2.75) is 6.54 Å². The molecule has 2 heterocycles. The first-order valence-electron chi connectivity index (χ1n) is 5.90. The second-order valence-corrected chi connectivity index (χ2v) is 4.68. The molecule has 0 spiro atoms. The second kappa shape index (κ2) is 4.98. The molecular formula is C12H8ClN5O3. The lowest BCUT2D eigenvalue weighted by atomic mass is 10.2. The monoisotopic (exact) mass is 305 g/mol. The standard InChI is InChI=1S/C12H8ClN5O3/c13-10-5-6-11-15-16(12(19)17(11)14-10)7-8-1-3-9(4-2-8)18(20)21/h1-6H,7H2. The number of nitro benzene ring substituents is 1. The van der Waals surface area contributed by atoms with Gasteiger partial charge in [0.25, 0.3) is 5.69 Å². The van der Waals surface area contributed by atoms with Gasteiger partial charge in [0, 0.05) is 12.1 Å². The summed E-state index contributed by atoms with van der Waals surface area (Å²) in [6.45, 7) is 0.192. The van der Waals surface area contributed by atoms with Gasteiger partial charge in [0.05, 0.1) is 11.5 Å². The SMILES string of the molecule is O=c1n(Cc2ccc([N+](=O)[O-])cc2)nc2ccc(Cl)nn12. The zero-order valence-electron chi connectivity index (χ0n) is 10.5. The van der Waals surface area contributed by atoms with Gasteiger partial charge in [0.2, 0.25) is 0 Å². The Morgan fingerprint density at radius 1 is 1.14 bits per heavy atom. The molecule has 106 valence electrons. The van der Waals surface area contributed by atoms with Gasteiger partial charge < -0.3 is 0 Å². The van der Waals surface area contributed by atoms with E-state index < -0.39 is 10.6 Å². The van der Waals surface area contributed by atoms with Gasteiger partial charge in [-0.2, -0.15) is 4.52 Å². The Balaban J connectivity index is 1.96. The number of rotatable bonds is 3. The summed E-state index contributed by atoms with van der Waals surface area (Å²) < 4.78 is 2.33. The number of hydrogen-bond acceptors (Lipinski definition) is 5. The van der Waals surface area contributed by atoms with Crippen molar-refractivity contribution in [3.05, 3.63) is 67.7 Å². The van der Waals surface area contributed by atoms with E-state index in [1.807, 2.05) is 0 Å². The maximum absolute atomic E-state index is 12.1. The van der Waals surface area contributed by atoms with Crippen molar-refractivity contribution in [3.8, 4) is 0 Å². The largest absolute Gasteiger partial charge is 0.367 e. The summed E-state index contributed by atoms with van der Waals surface area (Å²) >= 11 is 5.74. The van der Waals surface area contributed by atoms with Crippen LogP contribution in [-0.4, -0.2) is 24.3 Å². The Labute approximate surface area is 122 Å². The van der Waals surface area contributed by atoms with E-state index in [9.17, 15) is 14.9 Å². The highest BCUT2D eigenvalue weighted by molar-refractivity contribution is 6.29. The number of benzene rings is 1. The summed E-state index contributed by atoms with van der Waals surface area (Å²) in [5.41, 5.74) is 0.670. The molecule has 1 aromatic carbocycles. The number of halogens is 1. The average Bonchev–Trinajstić information content (AvgIpc) is 2.76. The van der Waals surface area contributed by atoms with Gasteiger partial charge in [-0.1, -0.05) is 23.7 Å². The molecule has 0 unspecified atom stereocenters. The zero-order chi connectivity index (χ0) is 15.0. The molecule has 21 heavy (non-hydrogen) atoms. The Bertz CT molecular complexity index is 884. The van der Waals surface area contributed by atoms with Crippen LogP contribution in [0.25, 0.3) is 5.65 Å². The van der Waals surface area contributed by atoms with Crippen molar-refractivity contribution in [2.24, 2.45) is 0 Å². The fourth-order valence-corrected chi connectivity index (χ4v) is 2.02. The number of nitrogens with zero attached hydrogens (tertiary/aromatic N) is 5. The van der Waals surface area contributed by atoms with Crippen LogP contribution in [0.2, 0.25) is 5.15 Å². The summed E-state index contributed by atoms with van der Waals surface area (Å²) in [5.74, 6) is 0. The Kier molecular flexibility index (Phi) is 3.15. The molecular weight excluding hydrogens is 298 g/mol. The molecule has 0 atom stereocenters. The van der Waals surface area contributed by atoms with Crippen molar-refractivity contribution in [1.82, 2.24) is 19.4 Å². The minimum atomic E-state index is -0.479. The van der Waals surface area contributed by atoms with Gasteiger partial charge in [-0.25, -0.2) is 9.48 Å². The van der Waals surface area contributed by atoms with Gasteiger partial charge in [-0.3, -0.25) is 10.1 Å². The number of non-ortho nitro benzene ring substituents is 1. The minimum absolute atomic E-state index is 0.00505. The van der Waals surface area contributed by atoms with E-state index in [-0.39, 0.29) is 17.4 Å². The predicted molar refractivity (Wildman–Crippen MR) is 74.5 cm³/mol. The van der Waals surface area contributed by atoms with Crippen molar-refractivity contribution in [3.63, 3.8) is 0 Å². The quantitative estimate of drug-likeness (QED) is 0.540. The maximum atomic E-state index is 12.1. The van der Waals surface area contributed by atoms with Crippen molar-refractivity contribution < 1.29 is 4.92 Å². The zero-order valence-corrected chi connectivity index (χ0v) is 11.3. The first-order valence-corrected chi connectivity index (χ1v) is 6.28. The van der Waals surface area contributed by atoms with E-state index >= 15 is 0 Å². The van der Waals surface area contributed by atoms with Gasteiger partial charge in [-0.05, 0) is 17.7 Å². The van der Waals surface area contributed by atoms with Crippen LogP contribution in [0.4, 0.5) is 5.69 Å². The minimum Gasteiger partial charge on any atom is -0.258 e. The lowest BCUT2D eigenvalue weighted by Gasteiger charge is -1.99. The molecule has 0 fully saturated rings. The molecule has 0 bridgehead atoms. The van der Waals surface area contributed by atoms with E-state index in [0.717, 1.165) is 10.1 Å². The maximum Gasteiger partial charge on any atom is 0.367 e. The Hall–Kier alpha value is -2.74. The van der Waals surface area contributed by atoms with E-state index in [1.54, 1.807) is 24.3 Å². The lowest BCUT2D eigenvalue weighted by Crippen LogP contribution is -2.22. The molecule has 8 nitrogen and oxygen atoms in total. The van der Waals surface area contributed by atoms with Crippen LogP contribution in [0.5, 0.6) is 0 Å². The van der Waals surface area contributed by atoms with E-state index in [4.69, 9.17) is 11.6 Å². The number of nitro groups is 1. The average molecular weight is 306 g/mol. The molecule has 9 heteroatoms. The Morgan fingerprint density at radius 3 is 2.52 bits per heavy atom. The van der Waals surface area contributed by atoms with Gasteiger partial charge in [0.15, 0.2) is 5.65 Å². The molecule has 0 aliphatic carbocycles. The summed E-state index contributed by atoms with van der Waals surface area (Å²) in [6.07, 6.45) is 0.